The van der Waals surface area contributed by atoms with Crippen molar-refractivity contribution in [1.82, 2.24) is 0 Å². The number of fused-ring (bicyclic) bond motifs is 10. The van der Waals surface area contributed by atoms with E-state index in [2.05, 4.69) is 229 Å². The highest BCUT2D eigenvalue weighted by Crippen LogP contribution is 2.53. The fourth-order valence-corrected chi connectivity index (χ4v) is 12.9. The third-order valence-corrected chi connectivity index (χ3v) is 17.0. The maximum atomic E-state index is 6.57. The number of rotatable bonds is 5. The van der Waals surface area contributed by atoms with Crippen molar-refractivity contribution in [2.75, 3.05) is 9.80 Å². The number of anilines is 6. The first-order chi connectivity index (χ1) is 32.7. The van der Waals surface area contributed by atoms with E-state index in [1.165, 1.54) is 97.2 Å². The van der Waals surface area contributed by atoms with E-state index in [1.54, 1.807) is 0 Å². The molecule has 0 unspecified atom stereocenters. The Morgan fingerprint density at radius 2 is 1.04 bits per heavy atom. The van der Waals surface area contributed by atoms with E-state index in [4.69, 9.17) is 4.42 Å². The van der Waals surface area contributed by atoms with Gasteiger partial charge in [0.2, 0.25) is 6.71 Å². The zero-order valence-electron chi connectivity index (χ0n) is 40.8. The first kappa shape index (κ1) is 41.4. The Morgan fingerprint density at radius 1 is 0.441 bits per heavy atom. The molecule has 0 bridgehead atoms. The van der Waals surface area contributed by atoms with E-state index in [-0.39, 0.29) is 28.4 Å². The van der Waals surface area contributed by atoms with Gasteiger partial charge in [0.15, 0.2) is 0 Å². The van der Waals surface area contributed by atoms with Crippen molar-refractivity contribution >= 4 is 79.2 Å². The van der Waals surface area contributed by atoms with Crippen LogP contribution in [0.2, 0.25) is 0 Å². The number of nitrogens with zero attached hydrogens (tertiary/aromatic N) is 2. The van der Waals surface area contributed by atoms with Gasteiger partial charge < -0.3 is 14.2 Å². The summed E-state index contributed by atoms with van der Waals surface area (Å²) in [6.07, 6.45) is 4.69. The molecule has 1 aromatic heterocycles. The van der Waals surface area contributed by atoms with Crippen molar-refractivity contribution in [2.24, 2.45) is 0 Å². The van der Waals surface area contributed by atoms with Crippen molar-refractivity contribution in [3.8, 4) is 22.3 Å². The maximum absolute atomic E-state index is 6.57. The average molecular weight is 883 g/mol. The summed E-state index contributed by atoms with van der Waals surface area (Å²) in [5.74, 6) is 0. The molecular formula is C64H59BN2O. The minimum atomic E-state index is 0.0412. The summed E-state index contributed by atoms with van der Waals surface area (Å²) in [6.45, 7) is 19.8. The molecule has 13 rings (SSSR count). The van der Waals surface area contributed by atoms with Crippen LogP contribution >= 0.6 is 0 Å². The lowest BCUT2D eigenvalue weighted by molar-refractivity contribution is 0.332. The monoisotopic (exact) mass is 882 g/mol. The SMILES string of the molecule is CC1(C)CCC(C)(C)c2cc(N3c4cc5c(cc4B4c6ccc(N(c7ccccc7)c7ccccc7)cc6-c6cc(-c7cccc8oc9ccccc9c78)cc3c64)C(C)(C)CCC5(C)C)ccc21. The molecule has 0 radical (unpaired) electrons. The molecule has 8 aromatic carbocycles. The molecule has 0 atom stereocenters. The van der Waals surface area contributed by atoms with Crippen molar-refractivity contribution in [3.63, 3.8) is 0 Å². The molecular weight excluding hydrogens is 824 g/mol. The zero-order valence-corrected chi connectivity index (χ0v) is 40.8. The van der Waals surface area contributed by atoms with Crippen LogP contribution in [0.3, 0.4) is 0 Å². The number of hydrogen-bond donors (Lipinski definition) is 0. The number of hydrogen-bond acceptors (Lipinski definition) is 3. The lowest BCUT2D eigenvalue weighted by atomic mass is 9.36. The molecule has 9 aromatic rings. The molecule has 0 fully saturated rings. The molecule has 0 saturated heterocycles. The van der Waals surface area contributed by atoms with Crippen LogP contribution in [0, 0.1) is 0 Å². The minimum absolute atomic E-state index is 0.0412. The van der Waals surface area contributed by atoms with Crippen molar-refractivity contribution < 1.29 is 4.42 Å². The third kappa shape index (κ3) is 6.05. The largest absolute Gasteiger partial charge is 0.456 e. The topological polar surface area (TPSA) is 19.6 Å². The summed E-state index contributed by atoms with van der Waals surface area (Å²) in [7, 11) is 0. The molecule has 3 heterocycles. The lowest BCUT2D eigenvalue weighted by Crippen LogP contribution is -2.55. The minimum Gasteiger partial charge on any atom is -0.456 e. The summed E-state index contributed by atoms with van der Waals surface area (Å²) in [5, 5.41) is 2.31. The van der Waals surface area contributed by atoms with Gasteiger partial charge in [-0.2, -0.15) is 0 Å². The lowest BCUT2D eigenvalue weighted by Gasteiger charge is -2.45. The molecule has 0 saturated carbocycles. The smallest absolute Gasteiger partial charge is 0.248 e. The number of para-hydroxylation sites is 3. The van der Waals surface area contributed by atoms with Crippen LogP contribution in [-0.2, 0) is 21.7 Å². The van der Waals surface area contributed by atoms with Crippen molar-refractivity contribution in [2.45, 2.75) is 103 Å². The summed E-state index contributed by atoms with van der Waals surface area (Å²) in [4.78, 5) is 5.10. The molecule has 4 heteroatoms. The van der Waals surface area contributed by atoms with E-state index >= 15 is 0 Å². The summed E-state index contributed by atoms with van der Waals surface area (Å²) >= 11 is 0. The molecule has 0 spiro atoms. The number of benzene rings is 8. The first-order valence-electron chi connectivity index (χ1n) is 25.0. The van der Waals surface area contributed by atoms with Crippen LogP contribution in [0.5, 0.6) is 0 Å². The molecule has 0 N–H and O–H groups in total. The van der Waals surface area contributed by atoms with Gasteiger partial charge in [-0.3, -0.25) is 0 Å². The molecule has 68 heavy (non-hydrogen) atoms. The average Bonchev–Trinajstić information content (AvgIpc) is 3.89. The van der Waals surface area contributed by atoms with Crippen LogP contribution in [0.15, 0.2) is 168 Å². The Labute approximate surface area is 402 Å². The van der Waals surface area contributed by atoms with Crippen LogP contribution in [0.1, 0.15) is 103 Å². The predicted molar refractivity (Wildman–Crippen MR) is 289 cm³/mol. The Kier molecular flexibility index (Phi) is 8.75. The first-order valence-corrected chi connectivity index (χ1v) is 25.0. The quantitative estimate of drug-likeness (QED) is 0.161. The summed E-state index contributed by atoms with van der Waals surface area (Å²) < 4.78 is 6.57. The second-order valence-corrected chi connectivity index (χ2v) is 23.0. The van der Waals surface area contributed by atoms with Gasteiger partial charge in [-0.15, -0.1) is 0 Å². The molecule has 334 valence electrons. The standard InChI is InChI=1S/C64H59BN2O/c1-61(2)30-31-62(3,4)50-37-44(26-28-49(50)61)67-55-39-52-51(63(5,6)32-33-64(52,7)8)38-54(55)65-53-29-27-43(66(41-18-11-9-12-19-41)42-20-13-10-14-21-42)36-47(53)48-34-40(35-56(67)60(48)65)45-23-17-25-58-59(45)46-22-15-16-24-57(46)68-58/h9-29,34-39H,30-33H2,1-8H3. The fourth-order valence-electron chi connectivity index (χ4n) is 12.9. The molecule has 3 nitrogen and oxygen atoms in total. The van der Waals surface area contributed by atoms with Crippen LogP contribution < -0.4 is 26.2 Å². The zero-order chi connectivity index (χ0) is 46.5. The summed E-state index contributed by atoms with van der Waals surface area (Å²) in [6, 6.07) is 61.9. The van der Waals surface area contributed by atoms with Gasteiger partial charge in [-0.25, -0.2) is 0 Å². The molecule has 0 amide bonds. The van der Waals surface area contributed by atoms with Gasteiger partial charge in [0.25, 0.3) is 0 Å². The predicted octanol–water partition coefficient (Wildman–Crippen LogP) is 15.7. The van der Waals surface area contributed by atoms with Crippen LogP contribution in [-0.4, -0.2) is 6.71 Å². The van der Waals surface area contributed by atoms with Gasteiger partial charge >= 0.3 is 0 Å². The van der Waals surface area contributed by atoms with E-state index in [9.17, 15) is 0 Å². The molecule has 2 aliphatic heterocycles. The van der Waals surface area contributed by atoms with Crippen molar-refractivity contribution in [1.29, 1.82) is 0 Å². The van der Waals surface area contributed by atoms with Crippen LogP contribution in [0.25, 0.3) is 44.2 Å². The van der Waals surface area contributed by atoms with Gasteiger partial charge in [0.05, 0.1) is 0 Å². The normalized spacial score (nSPS) is 17.6. The fraction of sp³-hybridized carbons (Fsp3) is 0.250. The number of furan rings is 1. The van der Waals surface area contributed by atoms with Crippen molar-refractivity contribution in [3.05, 3.63) is 186 Å². The van der Waals surface area contributed by atoms with E-state index in [1.807, 2.05) is 0 Å². The Bertz CT molecular complexity index is 3500. The van der Waals surface area contributed by atoms with Gasteiger partial charge in [-0.1, -0.05) is 146 Å². The molecule has 4 aliphatic rings. The Hall–Kier alpha value is -6.78. The highest BCUT2D eigenvalue weighted by Gasteiger charge is 2.47. The summed E-state index contributed by atoms with van der Waals surface area (Å²) in [5.41, 5.74) is 24.5. The van der Waals surface area contributed by atoms with E-state index in [0.717, 1.165) is 45.4 Å². The van der Waals surface area contributed by atoms with Crippen LogP contribution in [0.4, 0.5) is 34.1 Å². The van der Waals surface area contributed by atoms with E-state index in [0.29, 0.717) is 0 Å². The third-order valence-electron chi connectivity index (χ3n) is 17.0. The highest BCUT2D eigenvalue weighted by atomic mass is 16.3. The highest BCUT2D eigenvalue weighted by molar-refractivity contribution is 7.01. The Balaban J connectivity index is 1.14. The maximum Gasteiger partial charge on any atom is 0.248 e. The second-order valence-electron chi connectivity index (χ2n) is 23.0. The second kappa shape index (κ2) is 14.4. The van der Waals surface area contributed by atoms with Gasteiger partial charge in [0, 0.05) is 44.9 Å². The van der Waals surface area contributed by atoms with Gasteiger partial charge in [0.1, 0.15) is 11.2 Å². The molecule has 2 aliphatic carbocycles. The Morgan fingerprint density at radius 3 is 1.74 bits per heavy atom. The van der Waals surface area contributed by atoms with E-state index < -0.39 is 0 Å². The van der Waals surface area contributed by atoms with Gasteiger partial charge in [-0.05, 0) is 182 Å².